The van der Waals surface area contributed by atoms with Crippen LogP contribution in [0.5, 0.6) is 0 Å². The van der Waals surface area contributed by atoms with Crippen LogP contribution in [-0.2, 0) is 12.0 Å². The summed E-state index contributed by atoms with van der Waals surface area (Å²) in [6.07, 6.45) is -2.42. The molecule has 0 saturated heterocycles. The molecule has 0 aliphatic carbocycles. The molecule has 3 rings (SSSR count). The first-order chi connectivity index (χ1) is 13.8. The van der Waals surface area contributed by atoms with E-state index in [1.54, 1.807) is 46.2 Å². The van der Waals surface area contributed by atoms with E-state index in [0.29, 0.717) is 22.3 Å². The SMILES string of the molecule is Cc1ccc(F)cc1C(C)(C)CC(O)(NCc1[nH]c2cnccc2c1C)C(F)(F)F. The Hall–Kier alpha value is -2.45. The highest BCUT2D eigenvalue weighted by molar-refractivity contribution is 5.83. The summed E-state index contributed by atoms with van der Waals surface area (Å²) in [4.78, 5) is 7.05. The highest BCUT2D eigenvalue weighted by Gasteiger charge is 2.56. The fraction of sp³-hybridized carbons (Fsp3) is 0.409. The summed E-state index contributed by atoms with van der Waals surface area (Å²) in [7, 11) is 0. The number of aromatic nitrogens is 2. The first-order valence-corrected chi connectivity index (χ1v) is 9.56. The van der Waals surface area contributed by atoms with Crippen LogP contribution in [0.3, 0.4) is 0 Å². The molecule has 0 amide bonds. The summed E-state index contributed by atoms with van der Waals surface area (Å²) >= 11 is 0. The van der Waals surface area contributed by atoms with Crippen LogP contribution >= 0.6 is 0 Å². The number of benzene rings is 1. The monoisotopic (exact) mass is 423 g/mol. The Morgan fingerprint density at radius 1 is 1.13 bits per heavy atom. The van der Waals surface area contributed by atoms with E-state index in [9.17, 15) is 22.7 Å². The van der Waals surface area contributed by atoms with E-state index in [0.717, 1.165) is 10.9 Å². The summed E-state index contributed by atoms with van der Waals surface area (Å²) < 4.78 is 55.5. The van der Waals surface area contributed by atoms with Crippen molar-refractivity contribution in [3.63, 3.8) is 0 Å². The maximum Gasteiger partial charge on any atom is 0.431 e. The van der Waals surface area contributed by atoms with Gasteiger partial charge >= 0.3 is 6.18 Å². The fourth-order valence-electron chi connectivity index (χ4n) is 3.97. The van der Waals surface area contributed by atoms with Crippen molar-refractivity contribution in [3.8, 4) is 0 Å². The van der Waals surface area contributed by atoms with Crippen molar-refractivity contribution in [2.75, 3.05) is 0 Å². The number of aryl methyl sites for hydroxylation is 2. The van der Waals surface area contributed by atoms with Crippen LogP contribution in [0.25, 0.3) is 10.9 Å². The number of aliphatic hydroxyl groups is 1. The molecule has 0 aliphatic rings. The summed E-state index contributed by atoms with van der Waals surface area (Å²) in [6.45, 7) is 6.40. The molecule has 162 valence electrons. The molecular formula is C22H25F4N3O. The Labute approximate surface area is 172 Å². The van der Waals surface area contributed by atoms with Crippen molar-refractivity contribution >= 4 is 10.9 Å². The molecule has 3 aromatic rings. The topological polar surface area (TPSA) is 60.9 Å². The van der Waals surface area contributed by atoms with Crippen molar-refractivity contribution in [1.82, 2.24) is 15.3 Å². The number of aromatic amines is 1. The van der Waals surface area contributed by atoms with Gasteiger partial charge in [0.15, 0.2) is 0 Å². The molecule has 1 unspecified atom stereocenters. The van der Waals surface area contributed by atoms with Gasteiger partial charge in [-0.05, 0) is 54.2 Å². The minimum Gasteiger partial charge on any atom is -0.368 e. The second kappa shape index (κ2) is 7.67. The molecule has 1 atom stereocenters. The number of halogens is 4. The second-order valence-corrected chi connectivity index (χ2v) is 8.38. The molecule has 0 spiro atoms. The van der Waals surface area contributed by atoms with Gasteiger partial charge in [-0.15, -0.1) is 0 Å². The normalized spacial score (nSPS) is 14.8. The largest absolute Gasteiger partial charge is 0.431 e. The van der Waals surface area contributed by atoms with Crippen LogP contribution < -0.4 is 5.32 Å². The highest BCUT2D eigenvalue weighted by Crippen LogP contribution is 2.41. The Morgan fingerprint density at radius 2 is 1.83 bits per heavy atom. The highest BCUT2D eigenvalue weighted by atomic mass is 19.4. The molecule has 4 nitrogen and oxygen atoms in total. The third-order valence-electron chi connectivity index (χ3n) is 5.62. The van der Waals surface area contributed by atoms with Crippen LogP contribution in [-0.4, -0.2) is 27.0 Å². The Kier molecular flexibility index (Phi) is 5.68. The van der Waals surface area contributed by atoms with Crippen LogP contribution in [0.1, 0.15) is 42.7 Å². The quantitative estimate of drug-likeness (QED) is 0.385. The van der Waals surface area contributed by atoms with E-state index in [4.69, 9.17) is 0 Å². The number of H-pyrrole nitrogens is 1. The molecule has 0 aliphatic heterocycles. The lowest BCUT2D eigenvalue weighted by Crippen LogP contribution is -2.59. The molecule has 0 saturated carbocycles. The Bertz CT molecular complexity index is 1060. The number of pyridine rings is 1. The summed E-state index contributed by atoms with van der Waals surface area (Å²) in [5.41, 5.74) is -1.23. The van der Waals surface area contributed by atoms with Crippen LogP contribution in [0.2, 0.25) is 0 Å². The Balaban J connectivity index is 1.90. The fourth-order valence-corrected chi connectivity index (χ4v) is 3.97. The number of hydrogen-bond donors (Lipinski definition) is 3. The van der Waals surface area contributed by atoms with Gasteiger partial charge in [-0.2, -0.15) is 13.2 Å². The first-order valence-electron chi connectivity index (χ1n) is 9.56. The minimum absolute atomic E-state index is 0.227. The van der Waals surface area contributed by atoms with Crippen molar-refractivity contribution < 1.29 is 22.7 Å². The number of alkyl halides is 3. The van der Waals surface area contributed by atoms with Gasteiger partial charge in [-0.1, -0.05) is 19.9 Å². The van der Waals surface area contributed by atoms with Crippen molar-refractivity contribution in [1.29, 1.82) is 0 Å². The molecule has 0 radical (unpaired) electrons. The van der Waals surface area contributed by atoms with Gasteiger partial charge in [0.1, 0.15) is 5.82 Å². The van der Waals surface area contributed by atoms with Gasteiger partial charge in [0, 0.05) is 30.2 Å². The van der Waals surface area contributed by atoms with Crippen LogP contribution in [0.4, 0.5) is 17.6 Å². The predicted octanol–water partition coefficient (Wildman–Crippen LogP) is 5.03. The van der Waals surface area contributed by atoms with Gasteiger partial charge in [0.25, 0.3) is 0 Å². The van der Waals surface area contributed by atoms with Gasteiger partial charge in [-0.3, -0.25) is 10.3 Å². The van der Waals surface area contributed by atoms with Crippen molar-refractivity contribution in [3.05, 3.63) is 64.9 Å². The molecule has 0 bridgehead atoms. The maximum absolute atomic E-state index is 13.9. The summed E-state index contributed by atoms with van der Waals surface area (Å²) in [5, 5.41) is 13.8. The molecule has 30 heavy (non-hydrogen) atoms. The molecule has 0 fully saturated rings. The van der Waals surface area contributed by atoms with Crippen molar-refractivity contribution in [2.24, 2.45) is 0 Å². The minimum atomic E-state index is -4.94. The molecule has 2 aromatic heterocycles. The molecular weight excluding hydrogens is 398 g/mol. The molecule has 2 heterocycles. The van der Waals surface area contributed by atoms with Gasteiger partial charge in [-0.25, -0.2) is 4.39 Å². The van der Waals surface area contributed by atoms with E-state index in [1.807, 2.05) is 0 Å². The van der Waals surface area contributed by atoms with Crippen LogP contribution in [0, 0.1) is 19.7 Å². The van der Waals surface area contributed by atoms with E-state index in [1.165, 1.54) is 18.2 Å². The average Bonchev–Trinajstić information content (AvgIpc) is 2.97. The zero-order valence-electron chi connectivity index (χ0n) is 17.3. The Morgan fingerprint density at radius 3 is 2.47 bits per heavy atom. The van der Waals surface area contributed by atoms with Gasteiger partial charge < -0.3 is 10.1 Å². The molecule has 1 aromatic carbocycles. The number of nitrogens with one attached hydrogen (secondary N) is 2. The van der Waals surface area contributed by atoms with Crippen LogP contribution in [0.15, 0.2) is 36.7 Å². The maximum atomic E-state index is 13.9. The third kappa shape index (κ3) is 4.20. The number of rotatable bonds is 6. The average molecular weight is 423 g/mol. The lowest BCUT2D eigenvalue weighted by molar-refractivity contribution is -0.280. The summed E-state index contributed by atoms with van der Waals surface area (Å²) in [6, 6.07) is 5.78. The van der Waals surface area contributed by atoms with Gasteiger partial charge in [0.2, 0.25) is 5.72 Å². The predicted molar refractivity (Wildman–Crippen MR) is 107 cm³/mol. The van der Waals surface area contributed by atoms with Crippen molar-refractivity contribution in [2.45, 2.75) is 58.0 Å². The number of nitrogens with zero attached hydrogens (tertiary/aromatic N) is 1. The van der Waals surface area contributed by atoms with E-state index in [2.05, 4.69) is 15.3 Å². The summed E-state index contributed by atoms with van der Waals surface area (Å²) in [5.74, 6) is -0.533. The zero-order chi connectivity index (χ0) is 22.3. The first kappa shape index (κ1) is 22.2. The third-order valence-corrected chi connectivity index (χ3v) is 5.62. The number of hydrogen-bond acceptors (Lipinski definition) is 3. The van der Waals surface area contributed by atoms with E-state index >= 15 is 0 Å². The lowest BCUT2D eigenvalue weighted by atomic mass is 9.75. The van der Waals surface area contributed by atoms with E-state index < -0.39 is 29.6 Å². The smallest absolute Gasteiger partial charge is 0.368 e. The van der Waals surface area contributed by atoms with E-state index in [-0.39, 0.29) is 6.54 Å². The number of fused-ring (bicyclic) bond motifs is 1. The second-order valence-electron chi connectivity index (χ2n) is 8.38. The van der Waals surface area contributed by atoms with Gasteiger partial charge in [0.05, 0.1) is 11.7 Å². The zero-order valence-corrected chi connectivity index (χ0v) is 17.3. The molecule has 8 heteroatoms. The lowest BCUT2D eigenvalue weighted by Gasteiger charge is -2.39. The molecule has 3 N–H and O–H groups in total. The standard InChI is InChI=1S/C22H25F4N3O/c1-13-5-6-15(23)9-17(13)20(3,4)12-21(30,22(24,25)26)28-11-18-14(2)16-7-8-27-10-19(16)29-18/h5-10,28-30H,11-12H2,1-4H3.